The molecule has 1 amide bonds. The van der Waals surface area contributed by atoms with E-state index in [-0.39, 0.29) is 5.91 Å². The SMILES string of the molecule is CCn1ncc2c(C(=O)NCCc3nc4c(s3)CCCC4)cc(-c3ccccc3)nc21. The van der Waals surface area contributed by atoms with Gasteiger partial charge in [0.25, 0.3) is 5.91 Å². The molecule has 0 aliphatic heterocycles. The molecule has 1 N–H and O–H groups in total. The number of hydrogen-bond acceptors (Lipinski definition) is 5. The van der Waals surface area contributed by atoms with E-state index in [1.54, 1.807) is 17.5 Å². The average Bonchev–Trinajstić information content (AvgIpc) is 3.42. The molecule has 3 heterocycles. The molecule has 1 aliphatic rings. The summed E-state index contributed by atoms with van der Waals surface area (Å²) in [6.07, 6.45) is 7.25. The summed E-state index contributed by atoms with van der Waals surface area (Å²) in [5, 5.41) is 9.41. The molecule has 158 valence electrons. The molecule has 0 unspecified atom stereocenters. The van der Waals surface area contributed by atoms with Crippen LogP contribution >= 0.6 is 11.3 Å². The molecule has 0 saturated heterocycles. The summed E-state index contributed by atoms with van der Waals surface area (Å²) in [6, 6.07) is 11.8. The van der Waals surface area contributed by atoms with Gasteiger partial charge in [-0.1, -0.05) is 30.3 Å². The van der Waals surface area contributed by atoms with Gasteiger partial charge in [0.15, 0.2) is 5.65 Å². The second-order valence-corrected chi connectivity index (χ2v) is 8.98. The van der Waals surface area contributed by atoms with Gasteiger partial charge in [0.2, 0.25) is 0 Å². The van der Waals surface area contributed by atoms with Crippen LogP contribution in [-0.4, -0.2) is 32.2 Å². The Morgan fingerprint density at radius 3 is 2.81 bits per heavy atom. The van der Waals surface area contributed by atoms with Gasteiger partial charge in [-0.15, -0.1) is 11.3 Å². The van der Waals surface area contributed by atoms with Gasteiger partial charge in [-0.05, 0) is 38.7 Å². The molecular weight excluding hydrogens is 406 g/mol. The number of fused-ring (bicyclic) bond motifs is 2. The third-order valence-corrected chi connectivity index (χ3v) is 6.95. The Morgan fingerprint density at radius 1 is 1.16 bits per heavy atom. The van der Waals surface area contributed by atoms with E-state index in [0.717, 1.165) is 46.6 Å². The van der Waals surface area contributed by atoms with E-state index in [4.69, 9.17) is 9.97 Å². The van der Waals surface area contributed by atoms with E-state index in [1.165, 1.54) is 23.4 Å². The molecule has 0 radical (unpaired) electrons. The Labute approximate surface area is 185 Å². The lowest BCUT2D eigenvalue weighted by atomic mass is 10.0. The molecule has 0 saturated carbocycles. The number of aryl methyl sites for hydroxylation is 3. The molecule has 5 rings (SSSR count). The maximum atomic E-state index is 13.1. The quantitative estimate of drug-likeness (QED) is 0.490. The summed E-state index contributed by atoms with van der Waals surface area (Å²) in [4.78, 5) is 24.1. The van der Waals surface area contributed by atoms with Crippen LogP contribution in [-0.2, 0) is 25.8 Å². The first-order valence-corrected chi connectivity index (χ1v) is 11.7. The summed E-state index contributed by atoms with van der Waals surface area (Å²) in [5.74, 6) is -0.0958. The van der Waals surface area contributed by atoms with Gasteiger partial charge < -0.3 is 5.32 Å². The van der Waals surface area contributed by atoms with E-state index in [1.807, 2.05) is 48.0 Å². The molecule has 6 nitrogen and oxygen atoms in total. The molecule has 1 aliphatic carbocycles. The maximum Gasteiger partial charge on any atom is 0.252 e. The van der Waals surface area contributed by atoms with Crippen molar-refractivity contribution in [3.8, 4) is 11.3 Å². The van der Waals surface area contributed by atoms with Crippen LogP contribution in [0.2, 0.25) is 0 Å². The number of nitrogens with zero attached hydrogens (tertiary/aromatic N) is 4. The minimum absolute atomic E-state index is 0.0958. The normalized spacial score (nSPS) is 13.3. The highest BCUT2D eigenvalue weighted by molar-refractivity contribution is 7.11. The third kappa shape index (κ3) is 3.97. The monoisotopic (exact) mass is 431 g/mol. The van der Waals surface area contributed by atoms with Crippen LogP contribution in [0, 0.1) is 0 Å². The van der Waals surface area contributed by atoms with Crippen LogP contribution in [0.4, 0.5) is 0 Å². The van der Waals surface area contributed by atoms with E-state index < -0.39 is 0 Å². The summed E-state index contributed by atoms with van der Waals surface area (Å²) < 4.78 is 1.83. The molecule has 1 aromatic carbocycles. The van der Waals surface area contributed by atoms with Gasteiger partial charge in [-0.25, -0.2) is 14.6 Å². The summed E-state index contributed by atoms with van der Waals surface area (Å²) >= 11 is 1.81. The van der Waals surface area contributed by atoms with Gasteiger partial charge in [0, 0.05) is 30.0 Å². The number of rotatable bonds is 6. The zero-order chi connectivity index (χ0) is 21.2. The average molecular weight is 432 g/mol. The first-order chi connectivity index (χ1) is 15.2. The van der Waals surface area contributed by atoms with Crippen molar-refractivity contribution in [3.63, 3.8) is 0 Å². The molecule has 0 spiro atoms. The number of thiazole rings is 1. The standard InChI is InChI=1S/C24H25N5OS/c1-2-29-23-18(15-26-29)17(14-20(28-23)16-8-4-3-5-9-16)24(30)25-13-12-22-27-19-10-6-7-11-21(19)31-22/h3-5,8-9,14-15H,2,6-7,10-13H2,1H3,(H,25,30). The topological polar surface area (TPSA) is 72.7 Å². The number of carbonyl (C=O) groups excluding carboxylic acids is 1. The highest BCUT2D eigenvalue weighted by Crippen LogP contribution is 2.27. The van der Waals surface area contributed by atoms with Gasteiger partial charge in [0.1, 0.15) is 0 Å². The second kappa shape index (κ2) is 8.59. The fourth-order valence-corrected chi connectivity index (χ4v) is 5.27. The highest BCUT2D eigenvalue weighted by Gasteiger charge is 2.18. The van der Waals surface area contributed by atoms with Crippen molar-refractivity contribution >= 4 is 28.3 Å². The van der Waals surface area contributed by atoms with Crippen LogP contribution in [0.3, 0.4) is 0 Å². The largest absolute Gasteiger partial charge is 0.352 e. The number of aromatic nitrogens is 4. The van der Waals surface area contributed by atoms with Crippen molar-refractivity contribution in [1.29, 1.82) is 0 Å². The number of carbonyl (C=O) groups is 1. The third-order valence-electron chi connectivity index (χ3n) is 5.74. The minimum atomic E-state index is -0.0958. The highest BCUT2D eigenvalue weighted by atomic mass is 32.1. The van der Waals surface area contributed by atoms with Crippen LogP contribution in [0.15, 0.2) is 42.6 Å². The second-order valence-electron chi connectivity index (χ2n) is 7.81. The van der Waals surface area contributed by atoms with Gasteiger partial charge in [-0.3, -0.25) is 4.79 Å². The Kier molecular flexibility index (Phi) is 5.51. The zero-order valence-corrected chi connectivity index (χ0v) is 18.4. The fraction of sp³-hybridized carbons (Fsp3) is 0.333. The summed E-state index contributed by atoms with van der Waals surface area (Å²) in [6.45, 7) is 3.29. The van der Waals surface area contributed by atoms with Crippen LogP contribution in [0.1, 0.15) is 45.7 Å². The van der Waals surface area contributed by atoms with Crippen molar-refractivity contribution < 1.29 is 4.79 Å². The van der Waals surface area contributed by atoms with E-state index >= 15 is 0 Å². The van der Waals surface area contributed by atoms with Crippen LogP contribution < -0.4 is 5.32 Å². The maximum absolute atomic E-state index is 13.1. The van der Waals surface area contributed by atoms with Crippen molar-refractivity contribution in [3.05, 3.63) is 63.7 Å². The van der Waals surface area contributed by atoms with Crippen molar-refractivity contribution in [2.24, 2.45) is 0 Å². The van der Waals surface area contributed by atoms with Crippen molar-refractivity contribution in [2.45, 2.75) is 45.6 Å². The van der Waals surface area contributed by atoms with E-state index in [2.05, 4.69) is 10.4 Å². The lowest BCUT2D eigenvalue weighted by Crippen LogP contribution is -2.26. The van der Waals surface area contributed by atoms with Crippen LogP contribution in [0.25, 0.3) is 22.3 Å². The first kappa shape index (κ1) is 19.9. The number of nitrogens with one attached hydrogen (secondary N) is 1. The molecule has 4 aromatic rings. The number of benzene rings is 1. The van der Waals surface area contributed by atoms with Crippen LogP contribution in [0.5, 0.6) is 0 Å². The predicted octanol–water partition coefficient (Wildman–Crippen LogP) is 4.43. The number of hydrogen-bond donors (Lipinski definition) is 1. The van der Waals surface area contributed by atoms with E-state index in [9.17, 15) is 4.79 Å². The first-order valence-electron chi connectivity index (χ1n) is 10.9. The fourth-order valence-electron chi connectivity index (χ4n) is 4.11. The smallest absolute Gasteiger partial charge is 0.252 e. The minimum Gasteiger partial charge on any atom is -0.352 e. The molecule has 0 fully saturated rings. The molecular formula is C24H25N5OS. The van der Waals surface area contributed by atoms with Gasteiger partial charge in [0.05, 0.1) is 33.5 Å². The van der Waals surface area contributed by atoms with Crippen molar-refractivity contribution in [1.82, 2.24) is 25.1 Å². The Bertz CT molecular complexity index is 1200. The summed E-state index contributed by atoms with van der Waals surface area (Å²) in [5.41, 5.74) is 4.38. The number of amides is 1. The Morgan fingerprint density at radius 2 is 2.00 bits per heavy atom. The molecule has 7 heteroatoms. The zero-order valence-electron chi connectivity index (χ0n) is 17.6. The number of pyridine rings is 1. The predicted molar refractivity (Wildman–Crippen MR) is 123 cm³/mol. The van der Waals surface area contributed by atoms with E-state index in [0.29, 0.717) is 18.7 Å². The molecule has 3 aromatic heterocycles. The summed E-state index contributed by atoms with van der Waals surface area (Å²) in [7, 11) is 0. The molecule has 0 atom stereocenters. The molecule has 31 heavy (non-hydrogen) atoms. The lowest BCUT2D eigenvalue weighted by Gasteiger charge is -2.09. The Hall–Kier alpha value is -3.06. The lowest BCUT2D eigenvalue weighted by molar-refractivity contribution is 0.0955. The Balaban J connectivity index is 1.38. The van der Waals surface area contributed by atoms with Gasteiger partial charge in [-0.2, -0.15) is 5.10 Å². The molecule has 0 bridgehead atoms. The van der Waals surface area contributed by atoms with Gasteiger partial charge >= 0.3 is 0 Å². The van der Waals surface area contributed by atoms with Crippen molar-refractivity contribution in [2.75, 3.05) is 6.54 Å².